The topological polar surface area (TPSA) is 92.6 Å². The van der Waals surface area contributed by atoms with Crippen LogP contribution in [0, 0.1) is 11.6 Å². The van der Waals surface area contributed by atoms with Crippen LogP contribution >= 0.6 is 0 Å². The Balaban J connectivity index is 1.85. The maximum atomic E-state index is 13.9. The first-order valence-corrected chi connectivity index (χ1v) is 10.4. The van der Waals surface area contributed by atoms with Crippen molar-refractivity contribution in [1.29, 1.82) is 0 Å². The third-order valence-electron chi connectivity index (χ3n) is 5.24. The molecule has 0 bridgehead atoms. The summed E-state index contributed by atoms with van der Waals surface area (Å²) in [7, 11) is 0. The number of rotatable bonds is 8. The van der Waals surface area contributed by atoms with E-state index in [0.717, 1.165) is 37.8 Å². The second-order valence-corrected chi connectivity index (χ2v) is 7.46. The summed E-state index contributed by atoms with van der Waals surface area (Å²) in [6, 6.07) is 2.51. The number of piperidine rings is 1. The van der Waals surface area contributed by atoms with Crippen LogP contribution in [0.15, 0.2) is 24.4 Å². The number of unbranched alkanes of at least 4 members (excludes halogenated alkanes) is 1. The van der Waals surface area contributed by atoms with Crippen LogP contribution in [-0.4, -0.2) is 38.4 Å². The molecule has 1 fully saturated rings. The number of carbonyl (C=O) groups excluding carboxylic acids is 1. The molecule has 2 aromatic rings. The Morgan fingerprint density at radius 2 is 2.10 bits per heavy atom. The zero-order chi connectivity index (χ0) is 22.4. The molecule has 1 amide bonds. The van der Waals surface area contributed by atoms with Gasteiger partial charge in [-0.25, -0.2) is 23.5 Å². The summed E-state index contributed by atoms with van der Waals surface area (Å²) in [6.45, 7) is 2.28. The molecule has 166 valence electrons. The number of hydrogen-bond acceptors (Lipinski definition) is 5. The highest BCUT2D eigenvalue weighted by atomic mass is 19.1. The predicted octanol–water partition coefficient (Wildman–Crippen LogP) is 4.28. The van der Waals surface area contributed by atoms with Gasteiger partial charge >= 0.3 is 5.97 Å². The Hall–Kier alpha value is -3.10. The van der Waals surface area contributed by atoms with Gasteiger partial charge in [0.15, 0.2) is 17.4 Å². The van der Waals surface area contributed by atoms with Gasteiger partial charge in [-0.2, -0.15) is 0 Å². The molecule has 2 heterocycles. The molecular weight excluding hydrogens is 408 g/mol. The SMILES string of the molecule is CCCCC(=O)N1CCCC[C@H]1c1ncc(C(=O)O)c(COc2ccc(F)cc2F)n1. The number of ether oxygens (including phenoxy) is 1. The van der Waals surface area contributed by atoms with Gasteiger partial charge in [-0.3, -0.25) is 4.79 Å². The second-order valence-electron chi connectivity index (χ2n) is 7.46. The van der Waals surface area contributed by atoms with E-state index in [0.29, 0.717) is 31.3 Å². The molecule has 0 spiro atoms. The minimum absolute atomic E-state index is 0.0312. The predicted molar refractivity (Wildman–Crippen MR) is 108 cm³/mol. The highest BCUT2D eigenvalue weighted by Gasteiger charge is 2.30. The lowest BCUT2D eigenvalue weighted by molar-refractivity contribution is -0.135. The minimum atomic E-state index is -1.25. The van der Waals surface area contributed by atoms with Crippen LogP contribution in [-0.2, 0) is 11.4 Å². The molecule has 1 saturated heterocycles. The van der Waals surface area contributed by atoms with Gasteiger partial charge in [-0.05, 0) is 37.8 Å². The molecule has 1 aliphatic heterocycles. The van der Waals surface area contributed by atoms with E-state index in [2.05, 4.69) is 9.97 Å². The van der Waals surface area contributed by atoms with Crippen molar-refractivity contribution < 1.29 is 28.2 Å². The maximum Gasteiger partial charge on any atom is 0.339 e. The molecular formula is C22H25F2N3O4. The molecule has 1 aromatic heterocycles. The summed E-state index contributed by atoms with van der Waals surface area (Å²) in [5.41, 5.74) is -0.112. The fourth-order valence-corrected chi connectivity index (χ4v) is 3.59. The fourth-order valence-electron chi connectivity index (χ4n) is 3.59. The number of benzene rings is 1. The molecule has 7 nitrogen and oxygen atoms in total. The molecule has 1 N–H and O–H groups in total. The van der Waals surface area contributed by atoms with E-state index in [4.69, 9.17) is 4.74 Å². The average molecular weight is 433 g/mol. The standard InChI is InChI=1S/C22H25F2N3O4/c1-2-3-7-20(28)27-10-5-4-6-18(27)21-25-12-15(22(29)30)17(26-21)13-31-19-9-8-14(23)11-16(19)24/h8-9,11-12,18H,2-7,10,13H2,1H3,(H,29,30)/t18-/m0/s1. The number of aromatic nitrogens is 2. The monoisotopic (exact) mass is 433 g/mol. The molecule has 9 heteroatoms. The molecule has 0 aliphatic carbocycles. The fraction of sp³-hybridized carbons (Fsp3) is 0.455. The molecule has 1 aliphatic rings. The van der Waals surface area contributed by atoms with Crippen molar-refractivity contribution in [2.45, 2.75) is 58.1 Å². The molecule has 0 radical (unpaired) electrons. The summed E-state index contributed by atoms with van der Waals surface area (Å²) in [4.78, 5) is 34.6. The lowest BCUT2D eigenvalue weighted by Gasteiger charge is -2.35. The van der Waals surface area contributed by atoms with Crippen LogP contribution < -0.4 is 4.74 Å². The zero-order valence-corrected chi connectivity index (χ0v) is 17.3. The third-order valence-corrected chi connectivity index (χ3v) is 5.24. The Bertz CT molecular complexity index is 954. The van der Waals surface area contributed by atoms with Crippen molar-refractivity contribution in [2.24, 2.45) is 0 Å². The first-order valence-electron chi connectivity index (χ1n) is 10.4. The van der Waals surface area contributed by atoms with Crippen LogP contribution in [0.3, 0.4) is 0 Å². The van der Waals surface area contributed by atoms with Crippen molar-refractivity contribution in [3.8, 4) is 5.75 Å². The van der Waals surface area contributed by atoms with E-state index >= 15 is 0 Å². The van der Waals surface area contributed by atoms with E-state index < -0.39 is 17.6 Å². The van der Waals surface area contributed by atoms with Gasteiger partial charge in [0.05, 0.1) is 11.7 Å². The molecule has 1 atom stereocenters. The number of hydrogen-bond donors (Lipinski definition) is 1. The van der Waals surface area contributed by atoms with Gasteiger partial charge in [0, 0.05) is 25.2 Å². The molecule has 0 saturated carbocycles. The molecule has 31 heavy (non-hydrogen) atoms. The highest BCUT2D eigenvalue weighted by molar-refractivity contribution is 5.88. The number of carbonyl (C=O) groups is 2. The van der Waals surface area contributed by atoms with Crippen molar-refractivity contribution >= 4 is 11.9 Å². The van der Waals surface area contributed by atoms with E-state index in [1.807, 2.05) is 6.92 Å². The summed E-state index contributed by atoms with van der Waals surface area (Å²) in [5, 5.41) is 9.47. The van der Waals surface area contributed by atoms with E-state index in [-0.39, 0.29) is 35.6 Å². The quantitative estimate of drug-likeness (QED) is 0.668. The Labute approximate surface area is 179 Å². The van der Waals surface area contributed by atoms with Gasteiger partial charge in [0.25, 0.3) is 0 Å². The first kappa shape index (κ1) is 22.6. The highest BCUT2D eigenvalue weighted by Crippen LogP contribution is 2.30. The third kappa shape index (κ3) is 5.53. The van der Waals surface area contributed by atoms with E-state index in [9.17, 15) is 23.5 Å². The number of carboxylic acids is 1. The van der Waals surface area contributed by atoms with Crippen molar-refractivity contribution in [3.05, 3.63) is 53.1 Å². The smallest absolute Gasteiger partial charge is 0.339 e. The van der Waals surface area contributed by atoms with Gasteiger partial charge in [0.1, 0.15) is 18.0 Å². The minimum Gasteiger partial charge on any atom is -0.484 e. The lowest BCUT2D eigenvalue weighted by Crippen LogP contribution is -2.39. The van der Waals surface area contributed by atoms with Crippen LogP contribution in [0.1, 0.15) is 73.4 Å². The van der Waals surface area contributed by atoms with E-state index in [1.165, 1.54) is 6.20 Å². The summed E-state index contributed by atoms with van der Waals surface area (Å²) >= 11 is 0. The van der Waals surface area contributed by atoms with Crippen molar-refractivity contribution in [1.82, 2.24) is 14.9 Å². The lowest BCUT2D eigenvalue weighted by atomic mass is 10.00. The van der Waals surface area contributed by atoms with Crippen LogP contribution in [0.25, 0.3) is 0 Å². The number of halogens is 2. The number of nitrogens with zero attached hydrogens (tertiary/aromatic N) is 3. The van der Waals surface area contributed by atoms with Gasteiger partial charge < -0.3 is 14.7 Å². The van der Waals surface area contributed by atoms with Gasteiger partial charge in [-0.15, -0.1) is 0 Å². The first-order chi connectivity index (χ1) is 14.9. The number of aromatic carboxylic acids is 1. The number of likely N-dealkylation sites (tertiary alicyclic amines) is 1. The average Bonchev–Trinajstić information content (AvgIpc) is 2.76. The summed E-state index contributed by atoms with van der Waals surface area (Å²) in [6.07, 6.45) is 5.81. The zero-order valence-electron chi connectivity index (χ0n) is 17.3. The van der Waals surface area contributed by atoms with Crippen LogP contribution in [0.2, 0.25) is 0 Å². The molecule has 1 aromatic carbocycles. The number of carboxylic acid groups (broad SMARTS) is 1. The number of amides is 1. The Kier molecular flexibility index (Phi) is 7.49. The summed E-state index contributed by atoms with van der Waals surface area (Å²) in [5.74, 6) is -2.73. The normalized spacial score (nSPS) is 16.2. The van der Waals surface area contributed by atoms with Crippen LogP contribution in [0.4, 0.5) is 8.78 Å². The summed E-state index contributed by atoms with van der Waals surface area (Å²) < 4.78 is 32.3. The van der Waals surface area contributed by atoms with Crippen LogP contribution in [0.5, 0.6) is 5.75 Å². The van der Waals surface area contributed by atoms with E-state index in [1.54, 1.807) is 4.90 Å². The Morgan fingerprint density at radius 3 is 2.81 bits per heavy atom. The second kappa shape index (κ2) is 10.3. The Morgan fingerprint density at radius 1 is 1.29 bits per heavy atom. The molecule has 3 rings (SSSR count). The van der Waals surface area contributed by atoms with Gasteiger partial charge in [-0.1, -0.05) is 13.3 Å². The van der Waals surface area contributed by atoms with Crippen molar-refractivity contribution in [3.63, 3.8) is 0 Å². The largest absolute Gasteiger partial charge is 0.484 e. The van der Waals surface area contributed by atoms with Crippen molar-refractivity contribution in [2.75, 3.05) is 6.54 Å². The van der Waals surface area contributed by atoms with Gasteiger partial charge in [0.2, 0.25) is 5.91 Å². The maximum absolute atomic E-state index is 13.9. The molecule has 0 unspecified atom stereocenters.